The number of benzene rings is 2. The number of rotatable bonds is 2. The van der Waals surface area contributed by atoms with Gasteiger partial charge in [-0.25, -0.2) is 0 Å². The van der Waals surface area contributed by atoms with Crippen molar-refractivity contribution in [2.24, 2.45) is 4.99 Å². The molecule has 2 aromatic carbocycles. The van der Waals surface area contributed by atoms with Crippen molar-refractivity contribution in [1.82, 2.24) is 4.90 Å². The minimum atomic E-state index is -0.509. The van der Waals surface area contributed by atoms with E-state index in [2.05, 4.69) is 4.99 Å². The minimum absolute atomic E-state index is 0.0753. The Balaban J connectivity index is 2.01. The van der Waals surface area contributed by atoms with E-state index >= 15 is 0 Å². The lowest BCUT2D eigenvalue weighted by atomic mass is 10.0. The second-order valence-electron chi connectivity index (χ2n) is 4.87. The molecule has 0 aromatic heterocycles. The first kappa shape index (κ1) is 13.2. The van der Waals surface area contributed by atoms with Crippen LogP contribution in [-0.2, 0) is 9.59 Å². The molecule has 1 aliphatic rings. The van der Waals surface area contributed by atoms with E-state index in [1.54, 1.807) is 7.05 Å². The van der Waals surface area contributed by atoms with Crippen LogP contribution in [0.4, 0.5) is 0 Å². The molecule has 1 amide bonds. The van der Waals surface area contributed by atoms with Gasteiger partial charge in [0, 0.05) is 12.6 Å². The zero-order valence-corrected chi connectivity index (χ0v) is 11.6. The van der Waals surface area contributed by atoms with Crippen LogP contribution in [0.5, 0.6) is 0 Å². The molecule has 0 atom stereocenters. The van der Waals surface area contributed by atoms with E-state index in [4.69, 9.17) is 0 Å². The number of amidine groups is 1. The Kier molecular flexibility index (Phi) is 3.36. The standard InChI is InChI=1S/C17H14N2O2/c1-19-16(18-11-15(20)17(19)21)14-9-5-8-13(10-14)12-6-3-2-4-7-12/h2-10H,11H2,1H3. The van der Waals surface area contributed by atoms with Crippen LogP contribution in [0.25, 0.3) is 11.1 Å². The summed E-state index contributed by atoms with van der Waals surface area (Å²) in [5, 5.41) is 0. The number of likely N-dealkylation sites (N-methyl/N-ethyl adjacent to an activating group) is 1. The summed E-state index contributed by atoms with van der Waals surface area (Å²) < 4.78 is 0. The Morgan fingerprint density at radius 1 is 0.905 bits per heavy atom. The number of Topliss-reactive ketones (excluding diaryl/α,β-unsaturated/α-hetero) is 1. The smallest absolute Gasteiger partial charge is 0.293 e. The highest BCUT2D eigenvalue weighted by molar-refractivity contribution is 6.42. The van der Waals surface area contributed by atoms with Gasteiger partial charge in [0.15, 0.2) is 0 Å². The first-order valence-electron chi connectivity index (χ1n) is 6.68. The number of aliphatic imine (C=N–C) groups is 1. The summed E-state index contributed by atoms with van der Waals surface area (Å²) in [5.41, 5.74) is 2.98. The molecule has 0 unspecified atom stereocenters. The number of hydrogen-bond donors (Lipinski definition) is 0. The number of carbonyl (C=O) groups is 2. The summed E-state index contributed by atoms with van der Waals surface area (Å²) in [4.78, 5) is 28.7. The SMILES string of the molecule is CN1C(=O)C(=O)CN=C1c1cccc(-c2ccccc2)c1. The third-order valence-corrected chi connectivity index (χ3v) is 3.46. The van der Waals surface area contributed by atoms with Crippen LogP contribution in [0.1, 0.15) is 5.56 Å². The predicted octanol–water partition coefficient (Wildman–Crippen LogP) is 2.14. The highest BCUT2D eigenvalue weighted by atomic mass is 16.2. The van der Waals surface area contributed by atoms with Crippen molar-refractivity contribution in [2.75, 3.05) is 13.6 Å². The van der Waals surface area contributed by atoms with Gasteiger partial charge in [-0.3, -0.25) is 19.5 Å². The fourth-order valence-electron chi connectivity index (χ4n) is 2.36. The number of ketones is 1. The van der Waals surface area contributed by atoms with E-state index in [9.17, 15) is 9.59 Å². The molecule has 0 N–H and O–H groups in total. The molecule has 0 bridgehead atoms. The van der Waals surface area contributed by atoms with E-state index in [1.165, 1.54) is 4.90 Å². The molecule has 3 rings (SSSR count). The first-order chi connectivity index (χ1) is 10.2. The second-order valence-corrected chi connectivity index (χ2v) is 4.87. The maximum Gasteiger partial charge on any atom is 0.297 e. The van der Waals surface area contributed by atoms with Gasteiger partial charge >= 0.3 is 0 Å². The van der Waals surface area contributed by atoms with E-state index in [0.29, 0.717) is 5.84 Å². The summed E-state index contributed by atoms with van der Waals surface area (Å²) in [6, 6.07) is 17.8. The zero-order chi connectivity index (χ0) is 14.8. The van der Waals surface area contributed by atoms with Gasteiger partial charge in [0.1, 0.15) is 12.4 Å². The zero-order valence-electron chi connectivity index (χ0n) is 11.6. The molecule has 1 heterocycles. The molecule has 1 aliphatic heterocycles. The highest BCUT2D eigenvalue weighted by Crippen LogP contribution is 2.21. The van der Waals surface area contributed by atoms with Crippen molar-refractivity contribution in [1.29, 1.82) is 0 Å². The summed E-state index contributed by atoms with van der Waals surface area (Å²) >= 11 is 0. The van der Waals surface area contributed by atoms with Crippen LogP contribution in [0, 0.1) is 0 Å². The van der Waals surface area contributed by atoms with Crippen molar-refractivity contribution in [2.45, 2.75) is 0 Å². The van der Waals surface area contributed by atoms with E-state index in [1.807, 2.05) is 54.6 Å². The van der Waals surface area contributed by atoms with Crippen molar-refractivity contribution in [3.8, 4) is 11.1 Å². The summed E-state index contributed by atoms with van der Waals surface area (Å²) in [6.45, 7) is -0.0753. The Morgan fingerprint density at radius 3 is 2.33 bits per heavy atom. The molecular formula is C17H14N2O2. The first-order valence-corrected chi connectivity index (χ1v) is 6.68. The highest BCUT2D eigenvalue weighted by Gasteiger charge is 2.27. The second kappa shape index (κ2) is 5.32. The van der Waals surface area contributed by atoms with Crippen LogP contribution in [0.15, 0.2) is 59.6 Å². The fourth-order valence-corrected chi connectivity index (χ4v) is 2.36. The Bertz CT molecular complexity index is 735. The molecule has 104 valence electrons. The van der Waals surface area contributed by atoms with E-state index in [0.717, 1.165) is 16.7 Å². The van der Waals surface area contributed by atoms with Gasteiger partial charge < -0.3 is 0 Å². The van der Waals surface area contributed by atoms with Crippen molar-refractivity contribution >= 4 is 17.5 Å². The molecule has 4 nitrogen and oxygen atoms in total. The monoisotopic (exact) mass is 278 g/mol. The molecule has 0 radical (unpaired) electrons. The predicted molar refractivity (Wildman–Crippen MR) is 81.1 cm³/mol. The van der Waals surface area contributed by atoms with Gasteiger partial charge in [-0.05, 0) is 17.2 Å². The number of nitrogens with zero attached hydrogens (tertiary/aromatic N) is 2. The summed E-state index contributed by atoms with van der Waals surface area (Å²) in [6.07, 6.45) is 0. The van der Waals surface area contributed by atoms with Gasteiger partial charge in [-0.2, -0.15) is 0 Å². The van der Waals surface area contributed by atoms with Gasteiger partial charge in [-0.15, -0.1) is 0 Å². The topological polar surface area (TPSA) is 49.7 Å². The lowest BCUT2D eigenvalue weighted by Gasteiger charge is -2.22. The maximum absolute atomic E-state index is 11.8. The summed E-state index contributed by atoms with van der Waals surface area (Å²) in [7, 11) is 1.58. The fraction of sp³-hybridized carbons (Fsp3) is 0.118. The Hall–Kier alpha value is -2.75. The molecular weight excluding hydrogens is 264 g/mol. The van der Waals surface area contributed by atoms with Crippen LogP contribution in [-0.4, -0.2) is 36.0 Å². The van der Waals surface area contributed by atoms with Gasteiger partial charge in [0.2, 0.25) is 5.78 Å². The number of hydrogen-bond acceptors (Lipinski definition) is 3. The lowest BCUT2D eigenvalue weighted by molar-refractivity contribution is -0.141. The van der Waals surface area contributed by atoms with Crippen molar-refractivity contribution in [3.63, 3.8) is 0 Å². The molecule has 0 aliphatic carbocycles. The van der Waals surface area contributed by atoms with Crippen LogP contribution < -0.4 is 0 Å². The van der Waals surface area contributed by atoms with Crippen molar-refractivity contribution in [3.05, 3.63) is 60.2 Å². The molecule has 2 aromatic rings. The van der Waals surface area contributed by atoms with Crippen molar-refractivity contribution < 1.29 is 9.59 Å². The number of carbonyl (C=O) groups excluding carboxylic acids is 2. The van der Waals surface area contributed by atoms with E-state index < -0.39 is 11.7 Å². The normalized spacial score (nSPS) is 15.1. The third kappa shape index (κ3) is 2.48. The number of amides is 1. The Labute approximate surface area is 122 Å². The Morgan fingerprint density at radius 2 is 1.57 bits per heavy atom. The average Bonchev–Trinajstić information content (AvgIpc) is 2.54. The molecule has 0 spiro atoms. The maximum atomic E-state index is 11.8. The van der Waals surface area contributed by atoms with E-state index in [-0.39, 0.29) is 6.54 Å². The largest absolute Gasteiger partial charge is 0.297 e. The average molecular weight is 278 g/mol. The van der Waals surface area contributed by atoms with Crippen LogP contribution in [0.2, 0.25) is 0 Å². The van der Waals surface area contributed by atoms with Crippen LogP contribution >= 0.6 is 0 Å². The lowest BCUT2D eigenvalue weighted by Crippen LogP contribution is -2.43. The van der Waals surface area contributed by atoms with Crippen LogP contribution in [0.3, 0.4) is 0 Å². The van der Waals surface area contributed by atoms with Gasteiger partial charge in [0.05, 0.1) is 0 Å². The molecule has 0 fully saturated rings. The molecule has 0 saturated heterocycles. The minimum Gasteiger partial charge on any atom is -0.293 e. The molecule has 21 heavy (non-hydrogen) atoms. The summed E-state index contributed by atoms with van der Waals surface area (Å²) in [5.74, 6) is -0.442. The van der Waals surface area contributed by atoms with Gasteiger partial charge in [0.25, 0.3) is 5.91 Å². The third-order valence-electron chi connectivity index (χ3n) is 3.46. The molecule has 0 saturated carbocycles. The van der Waals surface area contributed by atoms with Gasteiger partial charge in [-0.1, -0.05) is 48.5 Å². The molecule has 4 heteroatoms. The quantitative estimate of drug-likeness (QED) is 0.790.